The van der Waals surface area contributed by atoms with Gasteiger partial charge >= 0.3 is 0 Å². The maximum Gasteiger partial charge on any atom is -0.0683 e. The van der Waals surface area contributed by atoms with Crippen molar-refractivity contribution in [3.05, 3.63) is 0 Å². The molecule has 0 heteroatoms. The van der Waals surface area contributed by atoms with Crippen molar-refractivity contribution in [2.24, 2.45) is 0 Å². The molecule has 0 aliphatic heterocycles. The van der Waals surface area contributed by atoms with E-state index in [9.17, 15) is 0 Å². The summed E-state index contributed by atoms with van der Waals surface area (Å²) in [6.07, 6.45) is 0. The number of hydrogen-bond acceptors (Lipinski definition) is 0. The van der Waals surface area contributed by atoms with Crippen molar-refractivity contribution in [3.8, 4) is 0 Å². The van der Waals surface area contributed by atoms with Gasteiger partial charge in [-0.3, -0.25) is 0 Å². The van der Waals surface area contributed by atoms with E-state index >= 15 is 0 Å². The summed E-state index contributed by atoms with van der Waals surface area (Å²) in [4.78, 5) is 0. The second-order valence-electron chi connectivity index (χ2n) is 0. The van der Waals surface area contributed by atoms with Crippen LogP contribution in [-0.4, -0.2) is 0 Å². The fourth-order valence-electron chi connectivity index (χ4n) is 0. The van der Waals surface area contributed by atoms with Gasteiger partial charge in [-0.1, -0.05) is 485 Å². The van der Waals surface area contributed by atoms with E-state index in [1.807, 2.05) is 485 Å². The minimum absolute atomic E-state index is 2.00. The summed E-state index contributed by atoms with van der Waals surface area (Å²) in [5.41, 5.74) is 0. The second kappa shape index (κ2) is 0. The molecule has 0 aliphatic carbocycles. The van der Waals surface area contributed by atoms with Gasteiger partial charge in [0.05, 0.1) is 0 Å². The van der Waals surface area contributed by atoms with Crippen LogP contribution in [0.25, 0.3) is 0 Å². The lowest BCUT2D eigenvalue weighted by Crippen LogP contribution is -0.856. The Morgan fingerprint density at radius 2 is 0.0286 bits per heavy atom. The van der Waals surface area contributed by atoms with E-state index in [0.717, 1.165) is 0 Å². The maximum atomic E-state index is 2.00. The predicted octanol–water partition coefficient (Wildman–Crippen LogP) is 35.9. The van der Waals surface area contributed by atoms with Crippen LogP contribution in [0.2, 0.25) is 0 Å². The quantitative estimate of drug-likeness (QED) is 0.227. The molecule has 0 unspecified atom stereocenters. The molecule has 0 heterocycles. The monoisotopic (exact) mass is 1050 g/mol. The van der Waals surface area contributed by atoms with Crippen LogP contribution >= 0.6 is 0 Å². The lowest BCUT2D eigenvalue weighted by Gasteiger charge is -1.07. The molecular formula is C70H210. The van der Waals surface area contributed by atoms with Gasteiger partial charge in [0.25, 0.3) is 0 Å². The van der Waals surface area contributed by atoms with E-state index in [-0.39, 0.29) is 0 Å². The Hall–Kier alpha value is 0. The van der Waals surface area contributed by atoms with Crippen molar-refractivity contribution >= 4 is 0 Å². The molecule has 0 aromatic heterocycles. The van der Waals surface area contributed by atoms with Crippen LogP contribution in [0.4, 0.5) is 0 Å². The molecule has 0 fully saturated rings. The highest BCUT2D eigenvalue weighted by Crippen LogP contribution is 1.21. The Labute approximate surface area is 482 Å². The molecule has 0 spiro atoms. The highest BCUT2D eigenvalue weighted by molar-refractivity contribution is 3.57. The minimum atomic E-state index is 2.00. The molecular weight excluding hydrogens is 841 g/mol. The first kappa shape index (κ1) is 272. The Kier molecular flexibility index (Phi) is 0. The van der Waals surface area contributed by atoms with Crippen molar-refractivity contribution < 1.29 is 0 Å². The van der Waals surface area contributed by atoms with Gasteiger partial charge < -0.3 is 0 Å². The van der Waals surface area contributed by atoms with Crippen molar-refractivity contribution in [1.29, 1.82) is 0 Å². The van der Waals surface area contributed by atoms with Gasteiger partial charge in [-0.15, -0.1) is 0 Å². The van der Waals surface area contributed by atoms with Gasteiger partial charge in [0.1, 0.15) is 0 Å². The Bertz CT molecular complexity index is 0. The lowest BCUT2D eigenvalue weighted by atomic mass is 11.0. The normalized spacial score (nSPS) is 3.00. The third kappa shape index (κ3) is 0. The summed E-state index contributed by atoms with van der Waals surface area (Å²) in [6, 6.07) is 0. The number of rotatable bonds is 0. The minimum Gasteiger partial charge on any atom is -0.0683 e. The third-order valence-corrected chi connectivity index (χ3v) is 0. The predicted molar refractivity (Wildman–Crippen MR) is 397 cm³/mol. The van der Waals surface area contributed by atoms with Gasteiger partial charge in [0, 0.05) is 0 Å². The molecule has 0 amide bonds. The van der Waals surface area contributed by atoms with E-state index in [2.05, 4.69) is 0 Å². The standard InChI is InChI=1S/35C2H6/c35*1-2/h35*1-2H3. The van der Waals surface area contributed by atoms with Gasteiger partial charge in [-0.05, 0) is 0 Å². The highest BCUT2D eigenvalue weighted by atomic mass is 13.1. The number of hydrogen-bond donors (Lipinski definition) is 0. The highest BCUT2D eigenvalue weighted by Gasteiger charge is 1.000. The zero-order chi connectivity index (χ0) is 70.0. The summed E-state index contributed by atoms with van der Waals surface area (Å²) in [5.74, 6) is 0. The van der Waals surface area contributed by atoms with Crippen molar-refractivity contribution in [1.82, 2.24) is 0 Å². The molecule has 0 aromatic rings. The summed E-state index contributed by atoms with van der Waals surface area (Å²) >= 11 is 0. The van der Waals surface area contributed by atoms with E-state index in [0.29, 0.717) is 0 Å². The topological polar surface area (TPSA) is 0 Å². The zero-order valence-electron chi connectivity index (χ0n) is 70.0. The first-order valence-electron chi connectivity index (χ1n) is 35.0. The smallest absolute Gasteiger partial charge is 0.0683 e. The average molecular weight is 1050 g/mol. The summed E-state index contributed by atoms with van der Waals surface area (Å²) in [6.45, 7) is 140. The first-order valence-corrected chi connectivity index (χ1v) is 35.0. The van der Waals surface area contributed by atoms with Crippen molar-refractivity contribution in [2.45, 2.75) is 485 Å². The molecule has 0 saturated carbocycles. The molecule has 0 aliphatic rings. The van der Waals surface area contributed by atoms with Gasteiger partial charge in [-0.2, -0.15) is 0 Å². The molecule has 0 rings (SSSR count). The summed E-state index contributed by atoms with van der Waals surface area (Å²) < 4.78 is 0. The Morgan fingerprint density at radius 1 is 0.0286 bits per heavy atom. The molecule has 0 bridgehead atoms. The van der Waals surface area contributed by atoms with Gasteiger partial charge in [-0.25, -0.2) is 0 Å². The van der Waals surface area contributed by atoms with Crippen LogP contribution < -0.4 is 0 Å². The summed E-state index contributed by atoms with van der Waals surface area (Å²) in [7, 11) is 0. The lowest BCUT2D eigenvalue weighted by molar-refractivity contribution is 1.50. The molecule has 490 valence electrons. The van der Waals surface area contributed by atoms with Crippen LogP contribution in [0.3, 0.4) is 0 Å². The van der Waals surface area contributed by atoms with E-state index in [1.54, 1.807) is 0 Å². The molecule has 0 radical (unpaired) electrons. The SMILES string of the molecule is CC.CC.CC.CC.CC.CC.CC.CC.CC.CC.CC.CC.CC.CC.CC.CC.CC.CC.CC.CC.CC.CC.CC.CC.CC.CC.CC.CC.CC.CC.CC.CC.CC.CC.CC. The van der Waals surface area contributed by atoms with E-state index in [4.69, 9.17) is 0 Å². The third-order valence-electron chi connectivity index (χ3n) is 0. The zero-order valence-corrected chi connectivity index (χ0v) is 70.0. The van der Waals surface area contributed by atoms with Gasteiger partial charge in [0.2, 0.25) is 0 Å². The van der Waals surface area contributed by atoms with Crippen LogP contribution in [0.5, 0.6) is 0 Å². The molecule has 70 heavy (non-hydrogen) atoms. The first-order chi connectivity index (χ1) is 35.0. The largest absolute Gasteiger partial charge is 0.0683 e. The second-order valence-corrected chi connectivity index (χ2v) is 0. The average Bonchev–Trinajstić information content (AvgIpc) is 3.61. The molecule has 0 aromatic carbocycles. The molecule has 0 nitrogen and oxygen atoms in total. The fourth-order valence-corrected chi connectivity index (χ4v) is 0. The van der Waals surface area contributed by atoms with E-state index in [1.165, 1.54) is 0 Å². The van der Waals surface area contributed by atoms with E-state index < -0.39 is 0 Å². The molecule has 0 saturated heterocycles. The Balaban J connectivity index is -0.00000000546. The molecule has 0 atom stereocenters. The van der Waals surface area contributed by atoms with Crippen LogP contribution in [0, 0.1) is 0 Å². The van der Waals surface area contributed by atoms with Crippen LogP contribution in [0.1, 0.15) is 485 Å². The molecule has 0 N–H and O–H groups in total. The van der Waals surface area contributed by atoms with Crippen LogP contribution in [-0.2, 0) is 0 Å². The van der Waals surface area contributed by atoms with Crippen molar-refractivity contribution in [2.75, 3.05) is 0 Å². The van der Waals surface area contributed by atoms with Crippen LogP contribution in [0.15, 0.2) is 0 Å². The van der Waals surface area contributed by atoms with Crippen molar-refractivity contribution in [3.63, 3.8) is 0 Å². The summed E-state index contributed by atoms with van der Waals surface area (Å²) in [5, 5.41) is 0. The Morgan fingerprint density at radius 3 is 0.0286 bits per heavy atom. The maximum absolute atomic E-state index is 2.00. The fraction of sp³-hybridized carbons (Fsp3) is 1.00. The van der Waals surface area contributed by atoms with Gasteiger partial charge in [0.15, 0.2) is 0 Å².